The average molecular weight is 272 g/mol. The predicted octanol–water partition coefficient (Wildman–Crippen LogP) is 3.76. The zero-order chi connectivity index (χ0) is 14.3. The van der Waals surface area contributed by atoms with Crippen LogP contribution >= 0.6 is 0 Å². The molecule has 0 aliphatic carbocycles. The molecule has 3 atom stereocenters. The van der Waals surface area contributed by atoms with Crippen molar-refractivity contribution in [3.05, 3.63) is 0 Å². The lowest BCUT2D eigenvalue weighted by molar-refractivity contribution is 0.0867. The molecular formula is C16H33FN2. The standard InChI is InChI=1S/C16H33FN2/c1-5-8-9-11-16(4,6-2)18-15-10-12-19(7-3)13-14(15)17/h14-15,18H,5-13H2,1-4H3/t14-,15+,16?/m0/s1. The molecule has 19 heavy (non-hydrogen) atoms. The van der Waals surface area contributed by atoms with Gasteiger partial charge in [-0.2, -0.15) is 0 Å². The zero-order valence-electron chi connectivity index (χ0n) is 13.3. The first-order chi connectivity index (χ1) is 9.04. The van der Waals surface area contributed by atoms with Crippen LogP contribution in [0, 0.1) is 0 Å². The van der Waals surface area contributed by atoms with E-state index in [4.69, 9.17) is 0 Å². The Morgan fingerprint density at radius 2 is 2.00 bits per heavy atom. The van der Waals surface area contributed by atoms with Crippen molar-refractivity contribution in [2.75, 3.05) is 19.6 Å². The Hall–Kier alpha value is -0.150. The maximum Gasteiger partial charge on any atom is 0.128 e. The van der Waals surface area contributed by atoms with Gasteiger partial charge in [0.05, 0.1) is 0 Å². The molecule has 0 amide bonds. The van der Waals surface area contributed by atoms with E-state index in [1.165, 1.54) is 19.3 Å². The first-order valence-electron chi connectivity index (χ1n) is 8.18. The Labute approximate surface area is 119 Å². The molecule has 3 heteroatoms. The topological polar surface area (TPSA) is 15.3 Å². The van der Waals surface area contributed by atoms with Gasteiger partial charge in [0.15, 0.2) is 0 Å². The van der Waals surface area contributed by atoms with Crippen LogP contribution < -0.4 is 5.32 Å². The molecule has 1 rings (SSSR count). The van der Waals surface area contributed by atoms with Gasteiger partial charge >= 0.3 is 0 Å². The number of halogens is 1. The van der Waals surface area contributed by atoms with E-state index in [1.807, 2.05) is 0 Å². The highest BCUT2D eigenvalue weighted by Crippen LogP contribution is 2.23. The summed E-state index contributed by atoms with van der Waals surface area (Å²) in [6.45, 7) is 11.4. The van der Waals surface area contributed by atoms with Gasteiger partial charge in [0.1, 0.15) is 6.17 Å². The van der Waals surface area contributed by atoms with E-state index in [9.17, 15) is 4.39 Å². The van der Waals surface area contributed by atoms with Crippen molar-refractivity contribution in [3.8, 4) is 0 Å². The number of alkyl halides is 1. The van der Waals surface area contributed by atoms with Crippen LogP contribution in [0.15, 0.2) is 0 Å². The molecule has 1 unspecified atom stereocenters. The molecule has 0 aromatic carbocycles. The summed E-state index contributed by atoms with van der Waals surface area (Å²) >= 11 is 0. The lowest BCUT2D eigenvalue weighted by atomic mass is 9.88. The van der Waals surface area contributed by atoms with Crippen molar-refractivity contribution in [1.82, 2.24) is 10.2 Å². The number of hydrogen-bond donors (Lipinski definition) is 1. The maximum atomic E-state index is 14.2. The second-order valence-corrected chi connectivity index (χ2v) is 6.32. The lowest BCUT2D eigenvalue weighted by Gasteiger charge is -2.40. The molecule has 1 aliphatic rings. The maximum absolute atomic E-state index is 14.2. The minimum absolute atomic E-state index is 0.0503. The summed E-state index contributed by atoms with van der Waals surface area (Å²) in [4.78, 5) is 2.21. The summed E-state index contributed by atoms with van der Waals surface area (Å²) in [7, 11) is 0. The molecular weight excluding hydrogens is 239 g/mol. The summed E-state index contributed by atoms with van der Waals surface area (Å²) in [6, 6.07) is 0.0503. The molecule has 0 bridgehead atoms. The highest BCUT2D eigenvalue weighted by molar-refractivity contribution is 4.92. The Bertz CT molecular complexity index is 247. The van der Waals surface area contributed by atoms with Crippen LogP contribution in [0.5, 0.6) is 0 Å². The third kappa shape index (κ3) is 5.39. The Kier molecular flexibility index (Phi) is 7.30. The number of likely N-dealkylation sites (tertiary alicyclic amines) is 1. The Balaban J connectivity index is 2.46. The van der Waals surface area contributed by atoms with Crippen LogP contribution in [0.3, 0.4) is 0 Å². The zero-order valence-corrected chi connectivity index (χ0v) is 13.3. The molecule has 1 heterocycles. The monoisotopic (exact) mass is 272 g/mol. The van der Waals surface area contributed by atoms with Gasteiger partial charge in [0, 0.05) is 18.1 Å². The molecule has 0 saturated carbocycles. The van der Waals surface area contributed by atoms with Crippen molar-refractivity contribution >= 4 is 0 Å². The van der Waals surface area contributed by atoms with Gasteiger partial charge in [0.25, 0.3) is 0 Å². The summed E-state index contributed by atoms with van der Waals surface area (Å²) in [5, 5.41) is 3.63. The van der Waals surface area contributed by atoms with Crippen LogP contribution in [-0.2, 0) is 0 Å². The minimum Gasteiger partial charge on any atom is -0.306 e. The first-order valence-corrected chi connectivity index (χ1v) is 8.18. The third-order valence-electron chi connectivity index (χ3n) is 4.72. The van der Waals surface area contributed by atoms with Crippen molar-refractivity contribution in [3.63, 3.8) is 0 Å². The van der Waals surface area contributed by atoms with Crippen molar-refractivity contribution in [2.24, 2.45) is 0 Å². The largest absolute Gasteiger partial charge is 0.306 e. The molecule has 1 fully saturated rings. The Morgan fingerprint density at radius 3 is 2.53 bits per heavy atom. The van der Waals surface area contributed by atoms with E-state index in [0.29, 0.717) is 6.54 Å². The predicted molar refractivity (Wildman–Crippen MR) is 81.4 cm³/mol. The summed E-state index contributed by atoms with van der Waals surface area (Å²) in [5.41, 5.74) is 0.110. The SMILES string of the molecule is CCCCCC(C)(CC)N[C@@H]1CCN(CC)C[C@@H]1F. The van der Waals surface area contributed by atoms with Crippen molar-refractivity contribution in [2.45, 2.75) is 84.0 Å². The van der Waals surface area contributed by atoms with E-state index < -0.39 is 6.17 Å². The van der Waals surface area contributed by atoms with Crippen LogP contribution in [-0.4, -0.2) is 42.3 Å². The molecule has 0 spiro atoms. The highest BCUT2D eigenvalue weighted by atomic mass is 19.1. The fourth-order valence-electron chi connectivity index (χ4n) is 2.98. The highest BCUT2D eigenvalue weighted by Gasteiger charge is 2.33. The third-order valence-corrected chi connectivity index (χ3v) is 4.72. The van der Waals surface area contributed by atoms with Crippen molar-refractivity contribution < 1.29 is 4.39 Å². The van der Waals surface area contributed by atoms with E-state index in [2.05, 4.69) is 37.9 Å². The van der Waals surface area contributed by atoms with Gasteiger partial charge in [-0.1, -0.05) is 40.0 Å². The molecule has 114 valence electrons. The quantitative estimate of drug-likeness (QED) is 0.677. The minimum atomic E-state index is -0.717. The van der Waals surface area contributed by atoms with Crippen LogP contribution in [0.1, 0.15) is 66.2 Å². The van der Waals surface area contributed by atoms with Gasteiger partial charge in [-0.3, -0.25) is 0 Å². The molecule has 2 nitrogen and oxygen atoms in total. The molecule has 0 aromatic heterocycles. The van der Waals surface area contributed by atoms with Crippen LogP contribution in [0.25, 0.3) is 0 Å². The van der Waals surface area contributed by atoms with Gasteiger partial charge in [0.2, 0.25) is 0 Å². The van der Waals surface area contributed by atoms with Gasteiger partial charge in [-0.25, -0.2) is 4.39 Å². The van der Waals surface area contributed by atoms with E-state index in [0.717, 1.165) is 32.4 Å². The molecule has 0 aromatic rings. The molecule has 0 radical (unpaired) electrons. The number of nitrogens with zero attached hydrogens (tertiary/aromatic N) is 1. The number of nitrogens with one attached hydrogen (secondary N) is 1. The fraction of sp³-hybridized carbons (Fsp3) is 1.00. The number of hydrogen-bond acceptors (Lipinski definition) is 2. The number of piperidine rings is 1. The second-order valence-electron chi connectivity index (χ2n) is 6.32. The number of unbranched alkanes of at least 4 members (excludes halogenated alkanes) is 2. The smallest absolute Gasteiger partial charge is 0.128 e. The molecule has 1 saturated heterocycles. The molecule has 1 aliphatic heterocycles. The van der Waals surface area contributed by atoms with E-state index in [1.54, 1.807) is 0 Å². The second kappa shape index (κ2) is 8.21. The first kappa shape index (κ1) is 16.9. The van der Waals surface area contributed by atoms with Gasteiger partial charge in [-0.05, 0) is 39.3 Å². The van der Waals surface area contributed by atoms with Gasteiger partial charge in [-0.15, -0.1) is 0 Å². The fourth-order valence-corrected chi connectivity index (χ4v) is 2.98. The summed E-state index contributed by atoms with van der Waals surface area (Å²) in [5.74, 6) is 0. The normalized spacial score (nSPS) is 28.3. The lowest BCUT2D eigenvalue weighted by Crippen LogP contribution is -2.57. The van der Waals surface area contributed by atoms with Crippen LogP contribution in [0.4, 0.5) is 4.39 Å². The van der Waals surface area contributed by atoms with E-state index in [-0.39, 0.29) is 11.6 Å². The Morgan fingerprint density at radius 1 is 1.26 bits per heavy atom. The number of rotatable bonds is 8. The molecule has 1 N–H and O–H groups in total. The summed E-state index contributed by atoms with van der Waals surface area (Å²) in [6.07, 6.45) is 6.25. The average Bonchev–Trinajstić information content (AvgIpc) is 2.41. The van der Waals surface area contributed by atoms with Crippen LogP contribution in [0.2, 0.25) is 0 Å². The van der Waals surface area contributed by atoms with Crippen molar-refractivity contribution in [1.29, 1.82) is 0 Å². The van der Waals surface area contributed by atoms with E-state index >= 15 is 0 Å². The summed E-state index contributed by atoms with van der Waals surface area (Å²) < 4.78 is 14.2. The van der Waals surface area contributed by atoms with Gasteiger partial charge < -0.3 is 10.2 Å².